The topological polar surface area (TPSA) is 40.5 Å². The number of aromatic hydroxyl groups is 2. The van der Waals surface area contributed by atoms with E-state index in [2.05, 4.69) is 0 Å². The van der Waals surface area contributed by atoms with Gasteiger partial charge in [0.25, 0.3) is 0 Å². The summed E-state index contributed by atoms with van der Waals surface area (Å²) in [5, 5.41) is 19.8. The van der Waals surface area contributed by atoms with Crippen molar-refractivity contribution in [2.24, 2.45) is 0 Å². The Morgan fingerprint density at radius 2 is 1.47 bits per heavy atom. The molecule has 0 atom stereocenters. The van der Waals surface area contributed by atoms with Gasteiger partial charge in [-0.3, -0.25) is 0 Å². The molecule has 2 nitrogen and oxygen atoms in total. The van der Waals surface area contributed by atoms with E-state index in [0.717, 1.165) is 27.8 Å². The van der Waals surface area contributed by atoms with Crippen molar-refractivity contribution < 1.29 is 10.2 Å². The summed E-state index contributed by atoms with van der Waals surface area (Å²) in [5.74, 6) is 0.510. The third kappa shape index (κ3) is 2.11. The van der Waals surface area contributed by atoms with Crippen LogP contribution in [0.1, 0.15) is 16.7 Å². The van der Waals surface area contributed by atoms with E-state index in [1.807, 2.05) is 39.0 Å². The molecule has 0 radical (unpaired) electrons. The molecule has 0 fully saturated rings. The van der Waals surface area contributed by atoms with Crippen LogP contribution in [-0.2, 0) is 0 Å². The van der Waals surface area contributed by atoms with Gasteiger partial charge in [0.1, 0.15) is 11.5 Å². The molecule has 0 aliphatic heterocycles. The average Bonchev–Trinajstić information content (AvgIpc) is 2.23. The Morgan fingerprint density at radius 1 is 0.824 bits per heavy atom. The zero-order valence-corrected chi connectivity index (χ0v) is 10.3. The maximum absolute atomic E-state index is 10.1. The zero-order valence-electron chi connectivity index (χ0n) is 10.3. The van der Waals surface area contributed by atoms with Gasteiger partial charge >= 0.3 is 0 Å². The van der Waals surface area contributed by atoms with Crippen molar-refractivity contribution in [2.75, 3.05) is 0 Å². The number of phenols is 2. The number of phenolic OH excluding ortho intramolecular Hbond substituents is 2. The first-order chi connectivity index (χ1) is 7.99. The molecule has 0 unspecified atom stereocenters. The molecule has 0 saturated heterocycles. The quantitative estimate of drug-likeness (QED) is 0.781. The molecule has 0 aliphatic carbocycles. The van der Waals surface area contributed by atoms with Gasteiger partial charge in [-0.1, -0.05) is 18.2 Å². The number of aryl methyl sites for hydroxylation is 3. The first kappa shape index (κ1) is 11.5. The third-order valence-corrected chi connectivity index (χ3v) is 2.94. The van der Waals surface area contributed by atoms with Gasteiger partial charge in [-0.15, -0.1) is 0 Å². The fourth-order valence-corrected chi connectivity index (χ4v) is 2.07. The summed E-state index contributed by atoms with van der Waals surface area (Å²) < 4.78 is 0. The second kappa shape index (κ2) is 4.13. The van der Waals surface area contributed by atoms with E-state index in [1.165, 1.54) is 0 Å². The van der Waals surface area contributed by atoms with Crippen LogP contribution in [0, 0.1) is 20.8 Å². The lowest BCUT2D eigenvalue weighted by Gasteiger charge is -2.12. The smallest absolute Gasteiger partial charge is 0.126 e. The molecular weight excluding hydrogens is 212 g/mol. The van der Waals surface area contributed by atoms with Gasteiger partial charge in [0.05, 0.1) is 0 Å². The van der Waals surface area contributed by atoms with Gasteiger partial charge < -0.3 is 10.2 Å². The third-order valence-electron chi connectivity index (χ3n) is 2.94. The molecule has 88 valence electrons. The summed E-state index contributed by atoms with van der Waals surface area (Å²) in [6.07, 6.45) is 0. The summed E-state index contributed by atoms with van der Waals surface area (Å²) in [5.41, 5.74) is 4.45. The van der Waals surface area contributed by atoms with Crippen molar-refractivity contribution in [1.82, 2.24) is 0 Å². The standard InChI is InChI=1S/C15H16O2/c1-9-6-12(8-13(16)7-9)14-10(2)4-5-11(3)15(14)17/h4-8,16-17H,1-3H3. The van der Waals surface area contributed by atoms with Crippen molar-refractivity contribution >= 4 is 0 Å². The largest absolute Gasteiger partial charge is 0.508 e. The fourth-order valence-electron chi connectivity index (χ4n) is 2.07. The van der Waals surface area contributed by atoms with Gasteiger partial charge in [0.15, 0.2) is 0 Å². The molecular formula is C15H16O2. The molecule has 0 aromatic heterocycles. The lowest BCUT2D eigenvalue weighted by Crippen LogP contribution is -1.88. The van der Waals surface area contributed by atoms with Gasteiger partial charge in [0, 0.05) is 5.56 Å². The second-order valence-corrected chi connectivity index (χ2v) is 4.48. The van der Waals surface area contributed by atoms with Crippen LogP contribution in [0.4, 0.5) is 0 Å². The van der Waals surface area contributed by atoms with E-state index >= 15 is 0 Å². The second-order valence-electron chi connectivity index (χ2n) is 4.48. The van der Waals surface area contributed by atoms with Gasteiger partial charge in [0.2, 0.25) is 0 Å². The lowest BCUT2D eigenvalue weighted by atomic mass is 9.95. The summed E-state index contributed by atoms with van der Waals surface area (Å²) in [6, 6.07) is 9.20. The average molecular weight is 228 g/mol. The Labute approximate surface area is 101 Å². The van der Waals surface area contributed by atoms with Crippen LogP contribution < -0.4 is 0 Å². The molecule has 0 heterocycles. The van der Waals surface area contributed by atoms with Gasteiger partial charge in [-0.2, -0.15) is 0 Å². The zero-order chi connectivity index (χ0) is 12.6. The molecule has 0 aliphatic rings. The molecule has 2 N–H and O–H groups in total. The van der Waals surface area contributed by atoms with Crippen molar-refractivity contribution in [3.8, 4) is 22.6 Å². The Bertz CT molecular complexity index is 551. The monoisotopic (exact) mass is 228 g/mol. The van der Waals surface area contributed by atoms with Crippen LogP contribution in [0.2, 0.25) is 0 Å². The molecule has 2 heteroatoms. The first-order valence-electron chi connectivity index (χ1n) is 5.59. The van der Waals surface area contributed by atoms with Gasteiger partial charge in [-0.05, 0) is 55.2 Å². The van der Waals surface area contributed by atoms with Crippen molar-refractivity contribution in [1.29, 1.82) is 0 Å². The van der Waals surface area contributed by atoms with E-state index < -0.39 is 0 Å². The number of hydrogen-bond donors (Lipinski definition) is 2. The summed E-state index contributed by atoms with van der Waals surface area (Å²) in [6.45, 7) is 5.74. The maximum Gasteiger partial charge on any atom is 0.126 e. The predicted octanol–water partition coefficient (Wildman–Crippen LogP) is 3.69. The Hall–Kier alpha value is -1.96. The summed E-state index contributed by atoms with van der Waals surface area (Å²) in [4.78, 5) is 0. The van der Waals surface area contributed by atoms with E-state index in [0.29, 0.717) is 0 Å². The summed E-state index contributed by atoms with van der Waals surface area (Å²) >= 11 is 0. The van der Waals surface area contributed by atoms with Crippen LogP contribution >= 0.6 is 0 Å². The molecule has 0 saturated carbocycles. The van der Waals surface area contributed by atoms with Crippen molar-refractivity contribution in [3.63, 3.8) is 0 Å². The van der Waals surface area contributed by atoms with Crippen LogP contribution in [0.3, 0.4) is 0 Å². The van der Waals surface area contributed by atoms with E-state index in [1.54, 1.807) is 12.1 Å². The summed E-state index contributed by atoms with van der Waals surface area (Å²) in [7, 11) is 0. The number of benzene rings is 2. The molecule has 0 bridgehead atoms. The van der Waals surface area contributed by atoms with E-state index in [4.69, 9.17) is 0 Å². The van der Waals surface area contributed by atoms with E-state index in [9.17, 15) is 10.2 Å². The lowest BCUT2D eigenvalue weighted by molar-refractivity contribution is 0.471. The SMILES string of the molecule is Cc1cc(O)cc(-c2c(C)ccc(C)c2O)c1. The minimum atomic E-state index is 0.223. The Kier molecular flexibility index (Phi) is 2.80. The predicted molar refractivity (Wildman–Crippen MR) is 69.4 cm³/mol. The van der Waals surface area contributed by atoms with Crippen molar-refractivity contribution in [3.05, 3.63) is 47.0 Å². The highest BCUT2D eigenvalue weighted by molar-refractivity contribution is 5.76. The molecule has 0 amide bonds. The molecule has 17 heavy (non-hydrogen) atoms. The minimum Gasteiger partial charge on any atom is -0.508 e. The molecule has 0 spiro atoms. The first-order valence-corrected chi connectivity index (χ1v) is 5.59. The molecule has 2 aromatic carbocycles. The molecule has 2 aromatic rings. The van der Waals surface area contributed by atoms with Crippen LogP contribution in [0.5, 0.6) is 11.5 Å². The van der Waals surface area contributed by atoms with Crippen LogP contribution in [0.15, 0.2) is 30.3 Å². The van der Waals surface area contributed by atoms with Crippen molar-refractivity contribution in [2.45, 2.75) is 20.8 Å². The minimum absolute atomic E-state index is 0.223. The normalized spacial score (nSPS) is 10.5. The number of rotatable bonds is 1. The Morgan fingerprint density at radius 3 is 2.12 bits per heavy atom. The maximum atomic E-state index is 10.1. The van der Waals surface area contributed by atoms with Gasteiger partial charge in [-0.25, -0.2) is 0 Å². The molecule has 2 rings (SSSR count). The van der Waals surface area contributed by atoms with Crippen LogP contribution in [0.25, 0.3) is 11.1 Å². The number of hydrogen-bond acceptors (Lipinski definition) is 2. The fraction of sp³-hybridized carbons (Fsp3) is 0.200. The highest BCUT2D eigenvalue weighted by Crippen LogP contribution is 2.36. The van der Waals surface area contributed by atoms with Crippen LogP contribution in [-0.4, -0.2) is 10.2 Å². The highest BCUT2D eigenvalue weighted by atomic mass is 16.3. The highest BCUT2D eigenvalue weighted by Gasteiger charge is 2.11. The van der Waals surface area contributed by atoms with E-state index in [-0.39, 0.29) is 11.5 Å². The Balaban J connectivity index is 2.72.